The fourth-order valence-electron chi connectivity index (χ4n) is 1.55. The summed E-state index contributed by atoms with van der Waals surface area (Å²) in [6, 6.07) is 0. The van der Waals surface area contributed by atoms with Gasteiger partial charge in [-0.1, -0.05) is 32.1 Å². The Kier molecular flexibility index (Phi) is 7.98. The molecule has 0 aromatic carbocycles. The van der Waals surface area contributed by atoms with E-state index in [4.69, 9.17) is 0 Å². The second-order valence-corrected chi connectivity index (χ2v) is 4.20. The highest BCUT2D eigenvalue weighted by Crippen LogP contribution is 2.19. The van der Waals surface area contributed by atoms with Gasteiger partial charge in [0.25, 0.3) is 0 Å². The van der Waals surface area contributed by atoms with Gasteiger partial charge in [0.15, 0.2) is 0 Å². The maximum absolute atomic E-state index is 11.1. The fraction of sp³-hybridized carbons (Fsp3) is 0.643. The number of hydrogen-bond donors (Lipinski definition) is 0. The van der Waals surface area contributed by atoms with Crippen LogP contribution in [0.15, 0.2) is 24.8 Å². The van der Waals surface area contributed by atoms with Crippen LogP contribution in [0.5, 0.6) is 0 Å². The summed E-state index contributed by atoms with van der Waals surface area (Å²) in [5.74, 6) is 0.930. The van der Waals surface area contributed by atoms with Crippen LogP contribution in [0.2, 0.25) is 0 Å². The number of rotatable bonds is 8. The van der Waals surface area contributed by atoms with E-state index in [1.54, 1.807) is 6.92 Å². The van der Waals surface area contributed by atoms with E-state index in [-0.39, 0.29) is 11.7 Å². The smallest absolute Gasteiger partial charge is 0.132 e. The van der Waals surface area contributed by atoms with Crippen LogP contribution in [0.1, 0.15) is 46.5 Å². The van der Waals surface area contributed by atoms with Gasteiger partial charge in [0.05, 0.1) is 0 Å². The molecule has 0 aromatic heterocycles. The van der Waals surface area contributed by atoms with Crippen molar-refractivity contribution >= 4 is 5.78 Å². The Bertz CT molecular complexity index is 215. The highest BCUT2D eigenvalue weighted by Gasteiger charge is 2.12. The van der Waals surface area contributed by atoms with E-state index in [0.29, 0.717) is 5.92 Å². The average molecular weight is 208 g/mol. The van der Waals surface area contributed by atoms with Crippen LogP contribution in [-0.4, -0.2) is 5.78 Å². The predicted molar refractivity (Wildman–Crippen MR) is 66.8 cm³/mol. The summed E-state index contributed by atoms with van der Waals surface area (Å²) in [5, 5.41) is 0. The van der Waals surface area contributed by atoms with Crippen molar-refractivity contribution in [3.8, 4) is 0 Å². The molecule has 0 aliphatic heterocycles. The molecule has 0 N–H and O–H groups in total. The number of ketones is 1. The van der Waals surface area contributed by atoms with Crippen LogP contribution in [-0.2, 0) is 4.79 Å². The lowest BCUT2D eigenvalue weighted by Crippen LogP contribution is -2.11. The molecule has 0 amide bonds. The summed E-state index contributed by atoms with van der Waals surface area (Å²) < 4.78 is 0. The van der Waals surface area contributed by atoms with Crippen LogP contribution < -0.4 is 0 Å². The lowest BCUT2D eigenvalue weighted by Gasteiger charge is -2.14. The Morgan fingerprint density at radius 1 is 1.40 bits per heavy atom. The molecule has 1 heteroatoms. The molecule has 2 unspecified atom stereocenters. The zero-order valence-electron chi connectivity index (χ0n) is 10.3. The van der Waals surface area contributed by atoms with E-state index in [1.807, 2.05) is 13.0 Å². The SMILES string of the molecule is C=CC(CC/C=C/CC)CC(C)C(C)=O. The molecule has 0 aromatic rings. The molecular weight excluding hydrogens is 184 g/mol. The number of hydrogen-bond acceptors (Lipinski definition) is 1. The minimum atomic E-state index is 0.170. The standard InChI is InChI=1S/C14H24O/c1-5-7-8-9-10-14(6-2)11-12(3)13(4)15/h6-8,12,14H,2,5,9-11H2,1,3-4H3/b8-7+. The molecule has 1 nitrogen and oxygen atoms in total. The summed E-state index contributed by atoms with van der Waals surface area (Å²) in [5.41, 5.74) is 0. The lowest BCUT2D eigenvalue weighted by molar-refractivity contribution is -0.120. The number of Topliss-reactive ketones (excluding diaryl/α,β-unsaturated/α-hetero) is 1. The molecule has 15 heavy (non-hydrogen) atoms. The Morgan fingerprint density at radius 2 is 2.07 bits per heavy atom. The van der Waals surface area contributed by atoms with E-state index in [0.717, 1.165) is 25.7 Å². The summed E-state index contributed by atoms with van der Waals surface area (Å²) in [6.45, 7) is 9.64. The molecule has 0 saturated heterocycles. The van der Waals surface area contributed by atoms with Gasteiger partial charge in [-0.15, -0.1) is 6.58 Å². The third-order valence-electron chi connectivity index (χ3n) is 2.79. The minimum absolute atomic E-state index is 0.170. The Morgan fingerprint density at radius 3 is 2.53 bits per heavy atom. The molecule has 0 radical (unpaired) electrons. The molecule has 0 aliphatic carbocycles. The van der Waals surface area contributed by atoms with E-state index >= 15 is 0 Å². The lowest BCUT2D eigenvalue weighted by atomic mass is 9.90. The van der Waals surface area contributed by atoms with Crippen molar-refractivity contribution in [1.82, 2.24) is 0 Å². The molecule has 0 spiro atoms. The van der Waals surface area contributed by atoms with E-state index in [9.17, 15) is 4.79 Å². The van der Waals surface area contributed by atoms with Crippen molar-refractivity contribution in [3.05, 3.63) is 24.8 Å². The van der Waals surface area contributed by atoms with Gasteiger partial charge in [-0.05, 0) is 38.5 Å². The summed E-state index contributed by atoms with van der Waals surface area (Å²) in [6.07, 6.45) is 10.6. The Hall–Kier alpha value is -0.850. The first-order valence-electron chi connectivity index (χ1n) is 5.89. The second-order valence-electron chi connectivity index (χ2n) is 4.20. The molecule has 2 atom stereocenters. The van der Waals surface area contributed by atoms with Gasteiger partial charge in [-0.3, -0.25) is 4.79 Å². The largest absolute Gasteiger partial charge is 0.300 e. The van der Waals surface area contributed by atoms with Gasteiger partial charge in [-0.2, -0.15) is 0 Å². The molecule has 0 heterocycles. The van der Waals surface area contributed by atoms with Crippen LogP contribution >= 0.6 is 0 Å². The van der Waals surface area contributed by atoms with Crippen molar-refractivity contribution in [3.63, 3.8) is 0 Å². The number of carbonyl (C=O) groups excluding carboxylic acids is 1. The van der Waals surface area contributed by atoms with Gasteiger partial charge >= 0.3 is 0 Å². The van der Waals surface area contributed by atoms with Gasteiger partial charge in [0.1, 0.15) is 5.78 Å². The Balaban J connectivity index is 3.87. The van der Waals surface area contributed by atoms with Gasteiger partial charge < -0.3 is 0 Å². The molecule has 0 bridgehead atoms. The minimum Gasteiger partial charge on any atom is -0.300 e. The first-order valence-corrected chi connectivity index (χ1v) is 5.89. The first-order chi connectivity index (χ1) is 7.11. The highest BCUT2D eigenvalue weighted by molar-refractivity contribution is 5.77. The molecule has 0 aliphatic rings. The Labute approximate surface area is 94.3 Å². The highest BCUT2D eigenvalue weighted by atomic mass is 16.1. The third-order valence-corrected chi connectivity index (χ3v) is 2.79. The zero-order valence-corrected chi connectivity index (χ0v) is 10.3. The first kappa shape index (κ1) is 14.2. The van der Waals surface area contributed by atoms with Crippen molar-refractivity contribution in [1.29, 1.82) is 0 Å². The van der Waals surface area contributed by atoms with Gasteiger partial charge in [0.2, 0.25) is 0 Å². The van der Waals surface area contributed by atoms with Crippen LogP contribution in [0.3, 0.4) is 0 Å². The quantitative estimate of drug-likeness (QED) is 0.548. The third kappa shape index (κ3) is 7.12. The molecule has 0 rings (SSSR count). The maximum atomic E-state index is 11.1. The molecule has 0 fully saturated rings. The zero-order chi connectivity index (χ0) is 11.7. The van der Waals surface area contributed by atoms with E-state index in [2.05, 4.69) is 25.7 Å². The predicted octanol–water partition coefficient (Wildman–Crippen LogP) is 4.15. The van der Waals surface area contributed by atoms with Crippen molar-refractivity contribution in [2.45, 2.75) is 46.5 Å². The van der Waals surface area contributed by atoms with Gasteiger partial charge in [0, 0.05) is 5.92 Å². The number of carbonyl (C=O) groups is 1. The summed E-state index contributed by atoms with van der Waals surface area (Å²) in [7, 11) is 0. The number of allylic oxidation sites excluding steroid dienone is 3. The van der Waals surface area contributed by atoms with Crippen LogP contribution in [0.25, 0.3) is 0 Å². The van der Waals surface area contributed by atoms with E-state index < -0.39 is 0 Å². The average Bonchev–Trinajstić information content (AvgIpc) is 2.22. The van der Waals surface area contributed by atoms with Crippen molar-refractivity contribution in [2.24, 2.45) is 11.8 Å². The summed E-state index contributed by atoms with van der Waals surface area (Å²) in [4.78, 5) is 11.1. The fourth-order valence-corrected chi connectivity index (χ4v) is 1.55. The van der Waals surface area contributed by atoms with Gasteiger partial charge in [-0.25, -0.2) is 0 Å². The van der Waals surface area contributed by atoms with E-state index in [1.165, 1.54) is 0 Å². The van der Waals surface area contributed by atoms with Crippen LogP contribution in [0, 0.1) is 11.8 Å². The maximum Gasteiger partial charge on any atom is 0.132 e. The second kappa shape index (κ2) is 8.46. The monoisotopic (exact) mass is 208 g/mol. The van der Waals surface area contributed by atoms with Crippen LogP contribution in [0.4, 0.5) is 0 Å². The topological polar surface area (TPSA) is 17.1 Å². The van der Waals surface area contributed by atoms with Crippen molar-refractivity contribution < 1.29 is 4.79 Å². The van der Waals surface area contributed by atoms with Crippen molar-refractivity contribution in [2.75, 3.05) is 0 Å². The normalized spacial score (nSPS) is 15.1. The molecule has 0 saturated carbocycles. The molecular formula is C14H24O. The molecule has 86 valence electrons. The summed E-state index contributed by atoms with van der Waals surface area (Å²) >= 11 is 0.